The smallest absolute Gasteiger partial charge is 0.652 e. The SMILES string of the molecule is CCCNC(=N)N.O=C([O-])[O-].O=C([O-])[O-].[Pu+4]. The molecule has 0 aromatic heterocycles. The van der Waals surface area contributed by atoms with Crippen LogP contribution in [0.3, 0.4) is 0 Å². The fourth-order valence-corrected chi connectivity index (χ4v) is 0.260. The number of nitrogens with one attached hydrogen (secondary N) is 2. The molecule has 0 unspecified atom stereocenters. The zero-order chi connectivity index (χ0) is 12.9. The van der Waals surface area contributed by atoms with Crippen LogP contribution in [0.15, 0.2) is 0 Å². The monoisotopic (exact) mass is 459 g/mol. The molecular weight excluding hydrogens is 454 g/mol. The van der Waals surface area contributed by atoms with Crippen LogP contribution in [0.1, 0.15) is 13.3 Å². The number of hydrogen-bond acceptors (Lipinski definition) is 7. The van der Waals surface area contributed by atoms with Crippen LogP contribution in [0.4, 0.5) is 9.59 Å². The molecule has 16 heavy (non-hydrogen) atoms. The van der Waals surface area contributed by atoms with Crippen LogP contribution in [0.25, 0.3) is 0 Å². The Kier molecular flexibility index (Phi) is 29.3. The summed E-state index contributed by atoms with van der Waals surface area (Å²) in [5, 5.41) is 42.7. The number of hydrogen-bond donors (Lipinski definition) is 3. The molecule has 0 rings (SSSR count). The third-order valence-electron chi connectivity index (χ3n) is 0.565. The van der Waals surface area contributed by atoms with Crippen LogP contribution in [0.2, 0.25) is 0 Å². The van der Waals surface area contributed by atoms with Gasteiger partial charge in [0.25, 0.3) is 0 Å². The summed E-state index contributed by atoms with van der Waals surface area (Å²) in [6.07, 6.45) is -3.65. The van der Waals surface area contributed by atoms with Gasteiger partial charge in [0.2, 0.25) is 0 Å². The van der Waals surface area contributed by atoms with Gasteiger partial charge in [-0.1, -0.05) is 6.92 Å². The average molecular weight is 465 g/mol. The molecule has 0 aliphatic carbocycles. The van der Waals surface area contributed by atoms with Gasteiger partial charge in [0.05, 0.1) is 0 Å². The van der Waals surface area contributed by atoms with Crippen LogP contribution < -0.4 is 31.5 Å². The van der Waals surface area contributed by atoms with Gasteiger partial charge in [-0.25, -0.2) is 0 Å². The van der Waals surface area contributed by atoms with Gasteiger partial charge in [-0.3, -0.25) is 5.41 Å². The molecule has 0 bridgehead atoms. The molecule has 0 atom stereocenters. The van der Waals surface area contributed by atoms with Crippen molar-refractivity contribution < 1.29 is 59.2 Å². The third-order valence-corrected chi connectivity index (χ3v) is 0.565. The first-order valence-corrected chi connectivity index (χ1v) is 3.57. The molecule has 0 heterocycles. The van der Waals surface area contributed by atoms with Crippen molar-refractivity contribution in [2.75, 3.05) is 6.54 Å². The van der Waals surface area contributed by atoms with Crippen molar-refractivity contribution in [3.8, 4) is 0 Å². The summed E-state index contributed by atoms with van der Waals surface area (Å²) in [4.78, 5) is 16.7. The van der Waals surface area contributed by atoms with Gasteiger partial charge in [-0.2, -0.15) is 0 Å². The van der Waals surface area contributed by atoms with E-state index >= 15 is 0 Å². The van der Waals surface area contributed by atoms with E-state index in [4.69, 9.17) is 41.2 Å². The van der Waals surface area contributed by atoms with Crippen molar-refractivity contribution in [1.29, 1.82) is 5.41 Å². The molecule has 0 saturated carbocycles. The maximum Gasteiger partial charge on any atom is 4.00 e. The molecule has 0 radical (unpaired) electrons. The van der Waals surface area contributed by atoms with Gasteiger partial charge >= 0.3 is 29.2 Å². The van der Waals surface area contributed by atoms with Crippen molar-refractivity contribution in [3.05, 3.63) is 0 Å². The van der Waals surface area contributed by atoms with E-state index in [0.717, 1.165) is 13.0 Å². The third kappa shape index (κ3) is 228. The second-order valence-corrected chi connectivity index (χ2v) is 1.84. The first-order chi connectivity index (χ1) is 6.73. The Morgan fingerprint density at radius 1 is 1.19 bits per heavy atom. The molecule has 4 N–H and O–H groups in total. The number of rotatable bonds is 2. The van der Waals surface area contributed by atoms with E-state index in [1.807, 2.05) is 6.92 Å². The first kappa shape index (κ1) is 24.2. The predicted octanol–water partition coefficient (Wildman–Crippen LogP) is -5.01. The summed E-state index contributed by atoms with van der Waals surface area (Å²) in [6, 6.07) is 0. The fraction of sp³-hybridized carbons (Fsp3) is 0.500. The standard InChI is InChI=1S/C4H11N3.2CH2O3.Pu/c1-2-3-7-4(5)6;2*2-1(3)4;/h2-3H2,1H3,(H4,5,6,7);2*(H2,2,3,4);/q;;;+4/p-4. The van der Waals surface area contributed by atoms with Gasteiger partial charge in [0.15, 0.2) is 5.96 Å². The van der Waals surface area contributed by atoms with Crippen molar-refractivity contribution in [2.45, 2.75) is 13.3 Å². The molecule has 0 aromatic carbocycles. The Morgan fingerprint density at radius 3 is 1.50 bits per heavy atom. The Bertz CT molecular complexity index is 181. The summed E-state index contributed by atoms with van der Waals surface area (Å²) < 4.78 is 0. The van der Waals surface area contributed by atoms with E-state index in [2.05, 4.69) is 5.32 Å². The molecule has 0 aliphatic heterocycles. The van der Waals surface area contributed by atoms with Gasteiger partial charge in [0.1, 0.15) is 0 Å². The van der Waals surface area contributed by atoms with E-state index in [1.54, 1.807) is 0 Å². The van der Waals surface area contributed by atoms with Crippen LogP contribution in [-0.4, -0.2) is 24.8 Å². The van der Waals surface area contributed by atoms with E-state index in [0.29, 0.717) is 0 Å². The van der Waals surface area contributed by atoms with Crippen molar-refractivity contribution >= 4 is 18.3 Å². The van der Waals surface area contributed by atoms with Crippen molar-refractivity contribution in [2.24, 2.45) is 5.73 Å². The van der Waals surface area contributed by atoms with Crippen LogP contribution >= 0.6 is 0 Å². The molecule has 9 nitrogen and oxygen atoms in total. The van der Waals surface area contributed by atoms with E-state index < -0.39 is 12.3 Å². The Morgan fingerprint density at radius 2 is 1.44 bits per heavy atom. The number of carboxylic acid groups (broad SMARTS) is 4. The summed E-state index contributed by atoms with van der Waals surface area (Å²) >= 11 is 0. The predicted molar refractivity (Wildman–Crippen MR) is 41.0 cm³/mol. The minimum atomic E-state index is -2.33. The quantitative estimate of drug-likeness (QED) is 0.267. The molecule has 0 saturated heterocycles. The molecular formula is C6H11N3O6Pu. The summed E-state index contributed by atoms with van der Waals surface area (Å²) in [5.41, 5.74) is 4.95. The van der Waals surface area contributed by atoms with Gasteiger partial charge < -0.3 is 41.1 Å². The number of nitrogens with two attached hydrogens (primary N) is 1. The summed E-state index contributed by atoms with van der Waals surface area (Å²) in [5.74, 6) is 0.0573. The summed E-state index contributed by atoms with van der Waals surface area (Å²) in [6.45, 7) is 2.82. The zero-order valence-electron chi connectivity index (χ0n) is 8.35. The molecule has 0 fully saturated rings. The number of carbonyl (C=O) groups excluding carboxylic acids is 2. The second kappa shape index (κ2) is 19.4. The molecule has 0 aliphatic rings. The molecule has 92 valence electrons. The summed E-state index contributed by atoms with van der Waals surface area (Å²) in [7, 11) is 0. The average Bonchev–Trinajstić information content (AvgIpc) is 1.98. The zero-order valence-corrected chi connectivity index (χ0v) is 11.7. The molecule has 0 amide bonds. The topological polar surface area (TPSA) is 188 Å². The van der Waals surface area contributed by atoms with Crippen LogP contribution in [-0.2, 0) is 0 Å². The number of guanidine groups is 1. The fourth-order valence-electron chi connectivity index (χ4n) is 0.260. The van der Waals surface area contributed by atoms with Crippen molar-refractivity contribution in [1.82, 2.24) is 5.32 Å². The Labute approximate surface area is 114 Å². The first-order valence-electron chi connectivity index (χ1n) is 3.57. The van der Waals surface area contributed by atoms with Gasteiger partial charge in [0, 0.05) is 6.54 Å². The Hall–Kier alpha value is -1.20. The van der Waals surface area contributed by atoms with Gasteiger partial charge in [-0.05, 0) is 18.7 Å². The maximum atomic E-state index is 8.33. The van der Waals surface area contributed by atoms with Crippen LogP contribution in [0, 0.1) is 34.6 Å². The van der Waals surface area contributed by atoms with E-state index in [-0.39, 0.29) is 35.1 Å². The van der Waals surface area contributed by atoms with E-state index in [9.17, 15) is 0 Å². The number of carbonyl (C=O) groups is 2. The molecule has 10 heteroatoms. The van der Waals surface area contributed by atoms with Crippen LogP contribution in [0.5, 0.6) is 0 Å². The molecule has 0 spiro atoms. The minimum Gasteiger partial charge on any atom is -0.652 e. The Balaban J connectivity index is -0.0000000700. The minimum absolute atomic E-state index is 0. The maximum absolute atomic E-state index is 8.33. The molecule has 0 aromatic rings. The van der Waals surface area contributed by atoms with Crippen molar-refractivity contribution in [3.63, 3.8) is 0 Å². The van der Waals surface area contributed by atoms with Gasteiger partial charge in [-0.15, -0.1) is 0 Å². The van der Waals surface area contributed by atoms with E-state index in [1.165, 1.54) is 0 Å². The largest absolute Gasteiger partial charge is 4.00 e. The normalized spacial score (nSPS) is 6.56. The second-order valence-electron chi connectivity index (χ2n) is 1.84.